The monoisotopic (exact) mass is 876 g/mol. The molecule has 11 atom stereocenters. The predicted molar refractivity (Wildman–Crippen MR) is 233 cm³/mol. The molecule has 0 radical (unpaired) electrons. The molecule has 0 unspecified atom stereocenters. The lowest BCUT2D eigenvalue weighted by molar-refractivity contribution is -0.149. The van der Waals surface area contributed by atoms with E-state index in [1.807, 2.05) is 33.8 Å². The highest BCUT2D eigenvalue weighted by molar-refractivity contribution is 7.52. The van der Waals surface area contributed by atoms with Crippen molar-refractivity contribution >= 4 is 37.1 Å². The van der Waals surface area contributed by atoms with E-state index in [2.05, 4.69) is 0 Å². The van der Waals surface area contributed by atoms with Crippen LogP contribution >= 0.6 is 7.60 Å². The average molecular weight is 876 g/mol. The van der Waals surface area contributed by atoms with Crippen LogP contribution in [-0.4, -0.2) is 129 Å². The van der Waals surface area contributed by atoms with Gasteiger partial charge in [0.05, 0.1) is 42.4 Å². The summed E-state index contributed by atoms with van der Waals surface area (Å²) in [5.41, 5.74) is -1.18. The van der Waals surface area contributed by atoms with E-state index in [1.54, 1.807) is 73.7 Å². The Labute approximate surface area is 363 Å². The van der Waals surface area contributed by atoms with Gasteiger partial charge in [-0.1, -0.05) is 71.4 Å². The molecule has 15 heteroatoms. The Morgan fingerprint density at radius 2 is 1.59 bits per heavy atom. The summed E-state index contributed by atoms with van der Waals surface area (Å²) in [6.45, 7) is 15.4. The average Bonchev–Trinajstić information content (AvgIpc) is 3.96. The van der Waals surface area contributed by atoms with E-state index in [0.29, 0.717) is 25.8 Å². The molecule has 2 saturated heterocycles. The van der Waals surface area contributed by atoms with Crippen molar-refractivity contribution in [1.82, 2.24) is 14.7 Å². The van der Waals surface area contributed by atoms with E-state index in [0.717, 1.165) is 24.8 Å². The molecular formula is C46H74N3O11P. The van der Waals surface area contributed by atoms with Crippen molar-refractivity contribution in [2.24, 2.45) is 29.6 Å². The number of carbonyl (C=O) groups is 5. The number of likely N-dealkylation sites (N-methyl/N-ethyl adjacent to an activating group) is 1. The minimum absolute atomic E-state index is 0.0240. The summed E-state index contributed by atoms with van der Waals surface area (Å²) in [5, 5.41) is 0. The van der Waals surface area contributed by atoms with Crippen molar-refractivity contribution < 1.29 is 52.5 Å². The fraction of sp³-hybridized carbons (Fsp3) is 0.761. The Morgan fingerprint density at radius 1 is 0.934 bits per heavy atom. The highest BCUT2D eigenvalue weighted by atomic mass is 31.2. The van der Waals surface area contributed by atoms with Crippen LogP contribution in [0, 0.1) is 29.6 Å². The zero-order chi connectivity index (χ0) is 45.6. The van der Waals surface area contributed by atoms with E-state index in [9.17, 15) is 38.3 Å². The van der Waals surface area contributed by atoms with Gasteiger partial charge in [0.15, 0.2) is 5.78 Å². The number of piperidine rings is 1. The van der Waals surface area contributed by atoms with Gasteiger partial charge >= 0.3 is 13.7 Å². The fourth-order valence-corrected chi connectivity index (χ4v) is 11.0. The second-order valence-corrected chi connectivity index (χ2v) is 21.2. The topological polar surface area (TPSA) is 180 Å². The molecule has 0 aromatic heterocycles. The van der Waals surface area contributed by atoms with Crippen molar-refractivity contribution in [1.29, 1.82) is 0 Å². The molecular weight excluding hydrogens is 801 g/mol. The summed E-state index contributed by atoms with van der Waals surface area (Å²) in [5.74, 6) is -2.58. The maximum absolute atomic E-state index is 14.6. The van der Waals surface area contributed by atoms with Gasteiger partial charge in [0, 0.05) is 58.5 Å². The molecule has 4 rings (SSSR count). The Balaban J connectivity index is 1.49. The maximum atomic E-state index is 14.6. The lowest BCUT2D eigenvalue weighted by Gasteiger charge is -2.41. The number of carbonyl (C=O) groups excluding carboxylic acids is 5. The number of likely N-dealkylation sites (tertiary alicyclic amines) is 2. The molecule has 344 valence electrons. The largest absolute Gasteiger partial charge is 0.444 e. The zero-order valence-electron chi connectivity index (χ0n) is 38.5. The van der Waals surface area contributed by atoms with Crippen LogP contribution in [0.15, 0.2) is 30.3 Å². The third kappa shape index (κ3) is 12.5. The summed E-state index contributed by atoms with van der Waals surface area (Å²) in [7, 11) is 0.109. The van der Waals surface area contributed by atoms with Gasteiger partial charge < -0.3 is 33.8 Å². The summed E-state index contributed by atoms with van der Waals surface area (Å²) in [6, 6.07) is 7.27. The summed E-state index contributed by atoms with van der Waals surface area (Å²) in [6.07, 6.45) is 2.12. The minimum atomic E-state index is -4.63. The zero-order valence-corrected chi connectivity index (χ0v) is 39.3. The van der Waals surface area contributed by atoms with Gasteiger partial charge in [-0.15, -0.1) is 0 Å². The van der Waals surface area contributed by atoms with E-state index < -0.39 is 67.1 Å². The molecule has 2 heterocycles. The van der Waals surface area contributed by atoms with Gasteiger partial charge in [-0.05, 0) is 82.6 Å². The standard InChI is InChI=1S/C46H74N3O11P/c1-12-29(4)41(47(9)44(53)35(28(2)3)26-38(51)42-32-20-21-33(24-32)49(42)45(54)60-46(6,7)8)39(58-10)27-40(52)48-22-16-19-36(48)43(59-11)30(5)37(50)25-34(61(55,56)57)23-31-17-14-13-15-18-31/h13-15,17-18,28-30,32-36,39,41-43H,12,16,19-27H2,1-11H3,(H2,55,56,57)/t29-,30-,32-,33+,34+,35-,36-,39+,41-,42-,43+/m0/s1. The number of methoxy groups -OCH3 is 2. The molecule has 1 aliphatic carbocycles. The number of Topliss-reactive ketones (excluding diaryl/α,β-unsaturated/α-hetero) is 2. The van der Waals surface area contributed by atoms with E-state index in [-0.39, 0.29) is 72.9 Å². The minimum Gasteiger partial charge on any atom is -0.444 e. The third-order valence-electron chi connectivity index (χ3n) is 13.6. The van der Waals surface area contributed by atoms with Crippen molar-refractivity contribution in [3.8, 4) is 0 Å². The van der Waals surface area contributed by atoms with Gasteiger partial charge in [-0.2, -0.15) is 0 Å². The van der Waals surface area contributed by atoms with Crippen molar-refractivity contribution in [2.45, 2.75) is 167 Å². The lowest BCUT2D eigenvalue weighted by Crippen LogP contribution is -2.54. The lowest BCUT2D eigenvalue weighted by atomic mass is 9.83. The van der Waals surface area contributed by atoms with Gasteiger partial charge in [-0.25, -0.2) is 4.79 Å². The van der Waals surface area contributed by atoms with Gasteiger partial charge in [0.1, 0.15) is 11.4 Å². The SMILES string of the molecule is CC[C@H](C)[C@@H]([C@@H](CC(=O)N1CCC[C@H]1[C@H](OC)[C@@H](C)C(=O)C[C@@H](Cc1ccccc1)P(=O)(O)O)OC)N(C)C(=O)[C@@H](CC(=O)[C@@H]1[C@H]2CC[C@H](C2)N1C(=O)OC(C)(C)C)C(C)C. The van der Waals surface area contributed by atoms with Gasteiger partial charge in [0.25, 0.3) is 0 Å². The molecule has 2 N–H and O–H groups in total. The first-order valence-corrected chi connectivity index (χ1v) is 24.0. The molecule has 1 aromatic rings. The quantitative estimate of drug-likeness (QED) is 0.126. The smallest absolute Gasteiger partial charge is 0.411 e. The van der Waals surface area contributed by atoms with Crippen LogP contribution in [0.5, 0.6) is 0 Å². The molecule has 3 aliphatic rings. The molecule has 61 heavy (non-hydrogen) atoms. The number of rotatable bonds is 21. The van der Waals surface area contributed by atoms with Crippen LogP contribution in [0.25, 0.3) is 0 Å². The van der Waals surface area contributed by atoms with Crippen molar-refractivity contribution in [2.75, 3.05) is 27.8 Å². The van der Waals surface area contributed by atoms with Crippen molar-refractivity contribution in [3.63, 3.8) is 0 Å². The predicted octanol–water partition coefficient (Wildman–Crippen LogP) is 6.67. The normalized spacial score (nSPS) is 23.9. The number of nitrogens with zero attached hydrogens (tertiary/aromatic N) is 3. The number of ketones is 2. The number of benzene rings is 1. The number of amides is 3. The van der Waals surface area contributed by atoms with Gasteiger partial charge in [0.2, 0.25) is 11.8 Å². The molecule has 0 spiro atoms. The summed E-state index contributed by atoms with van der Waals surface area (Å²) >= 11 is 0. The maximum Gasteiger partial charge on any atom is 0.411 e. The highest BCUT2D eigenvalue weighted by Crippen LogP contribution is 2.46. The first-order valence-electron chi connectivity index (χ1n) is 22.3. The Bertz CT molecular complexity index is 1710. The Kier molecular flexibility index (Phi) is 17.8. The molecule has 3 fully saturated rings. The summed E-state index contributed by atoms with van der Waals surface area (Å²) < 4.78 is 30.2. The van der Waals surface area contributed by atoms with Crippen molar-refractivity contribution in [3.05, 3.63) is 35.9 Å². The molecule has 1 saturated carbocycles. The number of hydrogen-bond acceptors (Lipinski definition) is 9. The van der Waals surface area contributed by atoms with Crippen LogP contribution in [0.3, 0.4) is 0 Å². The molecule has 3 amide bonds. The first-order chi connectivity index (χ1) is 28.5. The fourth-order valence-electron chi connectivity index (χ4n) is 10.1. The molecule has 1 aromatic carbocycles. The van der Waals surface area contributed by atoms with Crippen LogP contribution in [0.4, 0.5) is 4.79 Å². The Morgan fingerprint density at radius 3 is 2.15 bits per heavy atom. The van der Waals surface area contributed by atoms with E-state index >= 15 is 0 Å². The number of fused-ring (bicyclic) bond motifs is 2. The second-order valence-electron chi connectivity index (χ2n) is 19.3. The third-order valence-corrected chi connectivity index (χ3v) is 15.0. The first kappa shape index (κ1) is 50.5. The molecule has 14 nitrogen and oxygen atoms in total. The summed E-state index contributed by atoms with van der Waals surface area (Å²) in [4.78, 5) is 95.7. The van der Waals surface area contributed by atoms with Crippen LogP contribution in [0.1, 0.15) is 119 Å². The van der Waals surface area contributed by atoms with Crippen LogP contribution in [-0.2, 0) is 44.4 Å². The van der Waals surface area contributed by atoms with Gasteiger partial charge in [-0.3, -0.25) is 28.6 Å². The highest BCUT2D eigenvalue weighted by Gasteiger charge is 2.53. The molecule has 2 bridgehead atoms. The molecule has 2 aliphatic heterocycles. The van der Waals surface area contributed by atoms with E-state index in [4.69, 9.17) is 14.2 Å². The van der Waals surface area contributed by atoms with Crippen LogP contribution in [0.2, 0.25) is 0 Å². The second kappa shape index (κ2) is 21.5. The van der Waals surface area contributed by atoms with E-state index in [1.165, 1.54) is 14.2 Å². The number of hydrogen-bond donors (Lipinski definition) is 2. The van der Waals surface area contributed by atoms with Crippen LogP contribution < -0.4 is 0 Å². The number of ether oxygens (including phenoxy) is 3. The Hall–Kier alpha value is -3.16.